The Hall–Kier alpha value is -3.36. The van der Waals surface area contributed by atoms with Gasteiger partial charge in [0.15, 0.2) is 23.0 Å². The van der Waals surface area contributed by atoms with E-state index in [0.29, 0.717) is 21.4 Å². The Balaban J connectivity index is 1.91. The summed E-state index contributed by atoms with van der Waals surface area (Å²) in [5.41, 5.74) is 18.7. The van der Waals surface area contributed by atoms with Gasteiger partial charge in [-0.25, -0.2) is 9.26 Å². The second kappa shape index (κ2) is 10.5. The van der Waals surface area contributed by atoms with Gasteiger partial charge in [0, 0.05) is 21.2 Å². The van der Waals surface area contributed by atoms with E-state index >= 15 is 0 Å². The maximum absolute atomic E-state index is 6.67. The van der Waals surface area contributed by atoms with Gasteiger partial charge in [0.2, 0.25) is 0 Å². The lowest BCUT2D eigenvalue weighted by Crippen LogP contribution is -1.98. The number of aromatic nitrogens is 4. The van der Waals surface area contributed by atoms with Crippen LogP contribution in [-0.4, -0.2) is 20.6 Å². The number of halogens is 2. The molecule has 0 aliphatic rings. The molecule has 35 heavy (non-hydrogen) atoms. The zero-order valence-corrected chi connectivity index (χ0v) is 21.2. The molecule has 2 heterocycles. The van der Waals surface area contributed by atoms with Gasteiger partial charge in [0.05, 0.1) is 0 Å². The third kappa shape index (κ3) is 5.04. The van der Waals surface area contributed by atoms with Crippen molar-refractivity contribution in [2.45, 2.75) is 46.5 Å². The molecule has 10 heteroatoms. The second-order valence-electron chi connectivity index (χ2n) is 8.37. The van der Waals surface area contributed by atoms with Crippen molar-refractivity contribution in [2.75, 3.05) is 11.5 Å². The summed E-state index contributed by atoms with van der Waals surface area (Å²) in [6.07, 6.45) is 6.39. The first kappa shape index (κ1) is 24.8. The van der Waals surface area contributed by atoms with E-state index in [1.54, 1.807) is 0 Å². The average Bonchev–Trinajstić information content (AvgIpc) is 3.45. The predicted molar refractivity (Wildman–Crippen MR) is 139 cm³/mol. The van der Waals surface area contributed by atoms with Crippen LogP contribution in [0.5, 0.6) is 0 Å². The molecule has 0 fully saturated rings. The molecule has 0 saturated carbocycles. The fourth-order valence-corrected chi connectivity index (χ4v) is 4.41. The van der Waals surface area contributed by atoms with E-state index in [1.165, 1.54) is 0 Å². The molecule has 0 radical (unpaired) electrons. The highest BCUT2D eigenvalue weighted by atomic mass is 35.5. The van der Waals surface area contributed by atoms with E-state index in [4.69, 9.17) is 43.9 Å². The number of hydrogen-bond acceptors (Lipinski definition) is 8. The molecule has 0 spiro atoms. The Morgan fingerprint density at radius 1 is 0.800 bits per heavy atom. The summed E-state index contributed by atoms with van der Waals surface area (Å²) in [4.78, 5) is 0. The summed E-state index contributed by atoms with van der Waals surface area (Å²) in [5, 5.41) is 16.5. The van der Waals surface area contributed by atoms with Crippen LogP contribution in [0.4, 0.5) is 11.6 Å². The molecule has 0 aliphatic carbocycles. The van der Waals surface area contributed by atoms with Gasteiger partial charge in [-0.1, -0.05) is 49.0 Å². The van der Waals surface area contributed by atoms with Gasteiger partial charge in [0.25, 0.3) is 0 Å². The van der Waals surface area contributed by atoms with Gasteiger partial charge in [-0.3, -0.25) is 0 Å². The Morgan fingerprint density at radius 2 is 1.29 bits per heavy atom. The summed E-state index contributed by atoms with van der Waals surface area (Å²) < 4.78 is 9.67. The molecular formula is C25H26Cl2N6O2. The Labute approximate surface area is 213 Å². The lowest BCUT2D eigenvalue weighted by molar-refractivity contribution is 0.310. The molecule has 0 atom stereocenters. The molecule has 2 aromatic heterocycles. The number of unbranched alkanes of at least 4 members (excludes halogenated alkanes) is 3. The van der Waals surface area contributed by atoms with Crippen molar-refractivity contribution in [1.82, 2.24) is 20.6 Å². The molecule has 4 aromatic rings. The van der Waals surface area contributed by atoms with Crippen molar-refractivity contribution in [3.05, 3.63) is 62.6 Å². The van der Waals surface area contributed by atoms with Crippen molar-refractivity contribution in [3.63, 3.8) is 0 Å². The molecule has 0 amide bonds. The summed E-state index contributed by atoms with van der Waals surface area (Å²) in [6.45, 7) is 5.98. The number of nitrogen functional groups attached to an aromatic ring is 2. The van der Waals surface area contributed by atoms with E-state index in [0.717, 1.165) is 64.6 Å². The number of nitrogens with zero attached hydrogens (tertiary/aromatic N) is 4. The minimum atomic E-state index is 0.199. The first-order chi connectivity index (χ1) is 16.8. The highest BCUT2D eigenvalue weighted by Gasteiger charge is 2.20. The average molecular weight is 513 g/mol. The number of benzene rings is 2. The molecule has 4 rings (SSSR count). The highest BCUT2D eigenvalue weighted by molar-refractivity contribution is 6.32. The van der Waals surface area contributed by atoms with Crippen molar-refractivity contribution in [1.29, 1.82) is 0 Å². The topological polar surface area (TPSA) is 130 Å². The fraction of sp³-hybridized carbons (Fsp3) is 0.280. The summed E-state index contributed by atoms with van der Waals surface area (Å²) >= 11 is 13.3. The quantitative estimate of drug-likeness (QED) is 0.244. The minimum absolute atomic E-state index is 0.199. The number of anilines is 2. The molecule has 4 N–H and O–H groups in total. The molecule has 182 valence electrons. The van der Waals surface area contributed by atoms with Gasteiger partial charge in [-0.05, 0) is 99.4 Å². The summed E-state index contributed by atoms with van der Waals surface area (Å²) in [6, 6.07) is 7.83. The Morgan fingerprint density at radius 3 is 1.69 bits per heavy atom. The van der Waals surface area contributed by atoms with E-state index in [2.05, 4.69) is 33.6 Å². The van der Waals surface area contributed by atoms with Gasteiger partial charge >= 0.3 is 0 Å². The van der Waals surface area contributed by atoms with Gasteiger partial charge < -0.3 is 11.5 Å². The largest absolute Gasteiger partial charge is 0.379 e. The maximum Gasteiger partial charge on any atom is 0.196 e. The van der Waals surface area contributed by atoms with Crippen molar-refractivity contribution in [3.8, 4) is 22.5 Å². The van der Waals surface area contributed by atoms with Crippen LogP contribution in [-0.2, 0) is 0 Å². The third-order valence-electron chi connectivity index (χ3n) is 6.00. The third-order valence-corrected chi connectivity index (χ3v) is 6.79. The molecular weight excluding hydrogens is 487 g/mol. The van der Waals surface area contributed by atoms with Crippen LogP contribution in [0.15, 0.2) is 39.6 Å². The highest BCUT2D eigenvalue weighted by Crippen LogP contribution is 2.39. The van der Waals surface area contributed by atoms with E-state index in [9.17, 15) is 0 Å². The van der Waals surface area contributed by atoms with Crippen LogP contribution < -0.4 is 11.5 Å². The van der Waals surface area contributed by atoms with Crippen LogP contribution in [0.2, 0.25) is 10.0 Å². The monoisotopic (exact) mass is 512 g/mol. The van der Waals surface area contributed by atoms with E-state index < -0.39 is 0 Å². The SMILES string of the molecule is CCCCCC=C(c1cc(Cl)c(C)c(-c2nonc2N)c1)c1cc(Cl)c(C)c(-c2nonc2N)c1. The predicted octanol–water partition coefficient (Wildman–Crippen LogP) is 6.89. The van der Waals surface area contributed by atoms with Gasteiger partial charge in [-0.2, -0.15) is 0 Å². The summed E-state index contributed by atoms with van der Waals surface area (Å²) in [7, 11) is 0. The van der Waals surface area contributed by atoms with Crippen molar-refractivity contribution >= 4 is 40.4 Å². The normalized spacial score (nSPS) is 11.1. The van der Waals surface area contributed by atoms with Crippen LogP contribution in [0, 0.1) is 13.8 Å². The summed E-state index contributed by atoms with van der Waals surface area (Å²) in [5.74, 6) is 0.397. The first-order valence-corrected chi connectivity index (χ1v) is 12.0. The van der Waals surface area contributed by atoms with Crippen LogP contribution in [0.3, 0.4) is 0 Å². The zero-order valence-electron chi connectivity index (χ0n) is 19.7. The lowest BCUT2D eigenvalue weighted by atomic mass is 9.90. The fourth-order valence-electron chi connectivity index (χ4n) is 3.97. The molecule has 0 saturated heterocycles. The molecule has 2 aromatic carbocycles. The van der Waals surface area contributed by atoms with E-state index in [1.807, 2.05) is 38.1 Å². The van der Waals surface area contributed by atoms with Gasteiger partial charge in [0.1, 0.15) is 0 Å². The molecule has 0 unspecified atom stereocenters. The van der Waals surface area contributed by atoms with Crippen LogP contribution in [0.25, 0.3) is 28.1 Å². The number of allylic oxidation sites excluding steroid dienone is 1. The second-order valence-corrected chi connectivity index (χ2v) is 9.19. The van der Waals surface area contributed by atoms with Gasteiger partial charge in [-0.15, -0.1) is 0 Å². The lowest BCUT2D eigenvalue weighted by Gasteiger charge is -2.16. The number of hydrogen-bond donors (Lipinski definition) is 2. The standard InChI is InChI=1S/C25H26Cl2N6O2/c1-4-5-6-7-8-17(15-9-18(13(2)20(26)11-15)22-24(28)32-34-30-22)16-10-19(14(3)21(27)12-16)23-25(29)33-35-31-23/h8-12H,4-7H2,1-3H3,(H2,28,32)(H2,29,33). The Bertz CT molecular complexity index is 1300. The molecule has 8 nitrogen and oxygen atoms in total. The first-order valence-electron chi connectivity index (χ1n) is 11.3. The Kier molecular flexibility index (Phi) is 7.42. The maximum atomic E-state index is 6.67. The zero-order chi connectivity index (χ0) is 25.1. The van der Waals surface area contributed by atoms with Crippen molar-refractivity contribution in [2.24, 2.45) is 0 Å². The number of rotatable bonds is 8. The minimum Gasteiger partial charge on any atom is -0.379 e. The van der Waals surface area contributed by atoms with Crippen molar-refractivity contribution < 1.29 is 9.26 Å². The smallest absolute Gasteiger partial charge is 0.196 e. The van der Waals surface area contributed by atoms with Crippen LogP contribution >= 0.6 is 23.2 Å². The number of nitrogens with two attached hydrogens (primary N) is 2. The molecule has 0 aliphatic heterocycles. The van der Waals surface area contributed by atoms with E-state index in [-0.39, 0.29) is 11.6 Å². The molecule has 0 bridgehead atoms. The van der Waals surface area contributed by atoms with Crippen LogP contribution in [0.1, 0.15) is 54.9 Å².